The number of carbonyl (C=O) groups excluding carboxylic acids is 1. The highest BCUT2D eigenvalue weighted by Crippen LogP contribution is 2.15. The molecular formula is C13H18N4O4S. The van der Waals surface area contributed by atoms with Crippen LogP contribution in [0.15, 0.2) is 21.6 Å². The molecule has 0 aliphatic carbocycles. The molecule has 9 heteroatoms. The van der Waals surface area contributed by atoms with E-state index in [9.17, 15) is 13.2 Å². The van der Waals surface area contributed by atoms with Crippen molar-refractivity contribution in [1.29, 1.82) is 0 Å². The molecule has 0 saturated heterocycles. The van der Waals surface area contributed by atoms with Crippen molar-refractivity contribution in [3.63, 3.8) is 0 Å². The molecule has 2 N–H and O–H groups in total. The average molecular weight is 326 g/mol. The van der Waals surface area contributed by atoms with Crippen LogP contribution in [0.2, 0.25) is 0 Å². The van der Waals surface area contributed by atoms with E-state index in [4.69, 9.17) is 4.42 Å². The van der Waals surface area contributed by atoms with Gasteiger partial charge in [0.1, 0.15) is 0 Å². The summed E-state index contributed by atoms with van der Waals surface area (Å²) < 4.78 is 32.1. The van der Waals surface area contributed by atoms with Gasteiger partial charge in [0.15, 0.2) is 5.76 Å². The highest BCUT2D eigenvalue weighted by Gasteiger charge is 2.20. The molecule has 8 nitrogen and oxygen atoms in total. The molecule has 0 saturated carbocycles. The van der Waals surface area contributed by atoms with Crippen molar-refractivity contribution in [1.82, 2.24) is 19.8 Å². The van der Waals surface area contributed by atoms with Gasteiger partial charge in [-0.2, -0.15) is 5.10 Å². The summed E-state index contributed by atoms with van der Waals surface area (Å²) in [5, 5.41) is 6.66. The van der Waals surface area contributed by atoms with Gasteiger partial charge in [0.05, 0.1) is 5.69 Å². The lowest BCUT2D eigenvalue weighted by Crippen LogP contribution is -2.23. The fraction of sp³-hybridized carbons (Fsp3) is 0.385. The maximum Gasteiger partial charge on any atom is 0.287 e. The Morgan fingerprint density at radius 2 is 2.05 bits per heavy atom. The Hall–Kier alpha value is -2.13. The quantitative estimate of drug-likeness (QED) is 0.830. The maximum atomic E-state index is 12.0. The molecule has 0 aromatic carbocycles. The molecule has 0 unspecified atom stereocenters. The van der Waals surface area contributed by atoms with Gasteiger partial charge in [-0.05, 0) is 33.0 Å². The van der Waals surface area contributed by atoms with Crippen molar-refractivity contribution in [2.45, 2.75) is 25.5 Å². The number of rotatable bonds is 5. The summed E-state index contributed by atoms with van der Waals surface area (Å²) in [6.07, 6.45) is 0. The van der Waals surface area contributed by atoms with Crippen LogP contribution < -0.4 is 10.0 Å². The van der Waals surface area contributed by atoms with Crippen molar-refractivity contribution in [2.24, 2.45) is 7.05 Å². The Labute approximate surface area is 128 Å². The number of carbonyl (C=O) groups is 1. The topological polar surface area (TPSA) is 106 Å². The first-order valence-corrected chi connectivity index (χ1v) is 8.05. The van der Waals surface area contributed by atoms with E-state index in [1.165, 1.54) is 19.2 Å². The van der Waals surface area contributed by atoms with E-state index in [1.54, 1.807) is 4.68 Å². The monoisotopic (exact) mass is 326 g/mol. The van der Waals surface area contributed by atoms with Crippen molar-refractivity contribution in [2.75, 3.05) is 7.05 Å². The molecular weight excluding hydrogens is 308 g/mol. The van der Waals surface area contributed by atoms with E-state index < -0.39 is 15.9 Å². The molecule has 0 radical (unpaired) electrons. The second-order valence-corrected chi connectivity index (χ2v) is 6.60. The lowest BCUT2D eigenvalue weighted by Gasteiger charge is -2.04. The molecule has 2 aromatic rings. The summed E-state index contributed by atoms with van der Waals surface area (Å²) in [5.74, 6) is -0.548. The number of aryl methyl sites for hydroxylation is 2. The van der Waals surface area contributed by atoms with Gasteiger partial charge in [-0.1, -0.05) is 0 Å². The lowest BCUT2D eigenvalue weighted by molar-refractivity contribution is 0.0917. The zero-order chi connectivity index (χ0) is 16.5. The minimum Gasteiger partial charge on any atom is -0.438 e. The molecule has 22 heavy (non-hydrogen) atoms. The maximum absolute atomic E-state index is 12.0. The van der Waals surface area contributed by atoms with E-state index >= 15 is 0 Å². The number of nitrogens with zero attached hydrogens (tertiary/aromatic N) is 2. The Bertz CT molecular complexity index is 804. The third kappa shape index (κ3) is 3.04. The Balaban J connectivity index is 2.10. The van der Waals surface area contributed by atoms with Gasteiger partial charge in [-0.15, -0.1) is 0 Å². The van der Waals surface area contributed by atoms with Crippen LogP contribution in [0, 0.1) is 13.8 Å². The van der Waals surface area contributed by atoms with Crippen LogP contribution in [0.1, 0.15) is 27.5 Å². The van der Waals surface area contributed by atoms with E-state index in [0.717, 1.165) is 17.0 Å². The predicted molar refractivity (Wildman–Crippen MR) is 78.8 cm³/mol. The number of amides is 1. The van der Waals surface area contributed by atoms with E-state index in [2.05, 4.69) is 15.1 Å². The highest BCUT2D eigenvalue weighted by molar-refractivity contribution is 7.89. The molecule has 2 rings (SSSR count). The summed E-state index contributed by atoms with van der Waals surface area (Å²) >= 11 is 0. The molecule has 0 atom stereocenters. The molecule has 2 heterocycles. The second-order valence-electron chi connectivity index (χ2n) is 4.78. The first kappa shape index (κ1) is 16.2. The van der Waals surface area contributed by atoms with Gasteiger partial charge in [0, 0.05) is 24.8 Å². The van der Waals surface area contributed by atoms with Gasteiger partial charge in [0.2, 0.25) is 5.09 Å². The molecule has 0 aliphatic rings. The lowest BCUT2D eigenvalue weighted by atomic mass is 10.2. The minimum atomic E-state index is -3.70. The third-order valence-corrected chi connectivity index (χ3v) is 4.71. The highest BCUT2D eigenvalue weighted by atomic mass is 32.2. The fourth-order valence-corrected chi connectivity index (χ4v) is 2.66. The van der Waals surface area contributed by atoms with Gasteiger partial charge in [0.25, 0.3) is 15.9 Å². The normalized spacial score (nSPS) is 11.6. The second kappa shape index (κ2) is 5.93. The Morgan fingerprint density at radius 3 is 2.59 bits per heavy atom. The molecule has 0 spiro atoms. The van der Waals surface area contributed by atoms with Crippen LogP contribution in [-0.2, 0) is 23.6 Å². The first-order chi connectivity index (χ1) is 10.3. The number of nitrogens with one attached hydrogen (secondary N) is 2. The molecule has 2 aromatic heterocycles. The Morgan fingerprint density at radius 1 is 1.36 bits per heavy atom. The van der Waals surface area contributed by atoms with Crippen LogP contribution in [0.5, 0.6) is 0 Å². The van der Waals surface area contributed by atoms with Gasteiger partial charge < -0.3 is 9.73 Å². The minimum absolute atomic E-state index is 0.0620. The summed E-state index contributed by atoms with van der Waals surface area (Å²) in [4.78, 5) is 12.0. The number of hydrogen-bond donors (Lipinski definition) is 2. The van der Waals surface area contributed by atoms with E-state index in [1.807, 2.05) is 20.9 Å². The molecule has 120 valence electrons. The summed E-state index contributed by atoms with van der Waals surface area (Å²) in [6.45, 7) is 4.06. The van der Waals surface area contributed by atoms with Crippen molar-refractivity contribution >= 4 is 15.9 Å². The van der Waals surface area contributed by atoms with Crippen LogP contribution in [0.25, 0.3) is 0 Å². The number of aromatic nitrogens is 2. The standard InChI is InChI=1S/C13H18N4O4S/c1-8-10(9(2)17(4)16-8)7-15-13(18)11-5-6-12(21-11)22(19,20)14-3/h5-6,14H,7H2,1-4H3,(H,15,18). The largest absolute Gasteiger partial charge is 0.438 e. The summed E-state index contributed by atoms with van der Waals surface area (Å²) in [7, 11) is -0.600. The zero-order valence-corrected chi connectivity index (χ0v) is 13.6. The van der Waals surface area contributed by atoms with Crippen molar-refractivity contribution in [3.05, 3.63) is 34.8 Å². The van der Waals surface area contributed by atoms with Crippen molar-refractivity contribution in [3.8, 4) is 0 Å². The summed E-state index contributed by atoms with van der Waals surface area (Å²) in [5.41, 5.74) is 2.71. The third-order valence-electron chi connectivity index (χ3n) is 3.42. The zero-order valence-electron chi connectivity index (χ0n) is 12.8. The van der Waals surface area contributed by atoms with E-state index in [-0.39, 0.29) is 10.9 Å². The average Bonchev–Trinajstić information content (AvgIpc) is 3.05. The molecule has 0 bridgehead atoms. The van der Waals surface area contributed by atoms with Crippen LogP contribution in [0.4, 0.5) is 0 Å². The Kier molecular flexibility index (Phi) is 4.38. The molecule has 0 aliphatic heterocycles. The predicted octanol–water partition coefficient (Wildman–Crippen LogP) is 0.468. The number of sulfonamides is 1. The number of furan rings is 1. The molecule has 1 amide bonds. The summed E-state index contributed by atoms with van der Waals surface area (Å²) in [6, 6.07) is 2.56. The van der Waals surface area contributed by atoms with Gasteiger partial charge >= 0.3 is 0 Å². The number of hydrogen-bond acceptors (Lipinski definition) is 5. The smallest absolute Gasteiger partial charge is 0.287 e. The van der Waals surface area contributed by atoms with Gasteiger partial charge in [-0.25, -0.2) is 13.1 Å². The fourth-order valence-electron chi connectivity index (χ4n) is 2.02. The first-order valence-electron chi connectivity index (χ1n) is 6.57. The van der Waals surface area contributed by atoms with Crippen LogP contribution in [0.3, 0.4) is 0 Å². The molecule has 0 fully saturated rings. The van der Waals surface area contributed by atoms with E-state index in [0.29, 0.717) is 6.54 Å². The van der Waals surface area contributed by atoms with Crippen molar-refractivity contribution < 1.29 is 17.6 Å². The van der Waals surface area contributed by atoms with Gasteiger partial charge in [-0.3, -0.25) is 9.48 Å². The SMILES string of the molecule is CNS(=O)(=O)c1ccc(C(=O)NCc2c(C)nn(C)c2C)o1. The van der Waals surface area contributed by atoms with Crippen LogP contribution >= 0.6 is 0 Å². The van der Waals surface area contributed by atoms with Crippen LogP contribution in [-0.4, -0.2) is 31.2 Å².